The van der Waals surface area contributed by atoms with Gasteiger partial charge in [0.2, 0.25) is 5.91 Å². The molecule has 2 saturated heterocycles. The Balaban J connectivity index is 1.93. The van der Waals surface area contributed by atoms with Gasteiger partial charge in [0.1, 0.15) is 0 Å². The van der Waals surface area contributed by atoms with Crippen molar-refractivity contribution in [1.29, 1.82) is 0 Å². The van der Waals surface area contributed by atoms with E-state index in [1.807, 2.05) is 0 Å². The number of hydrogen-bond donors (Lipinski definition) is 1. The first-order chi connectivity index (χ1) is 7.58. The van der Waals surface area contributed by atoms with Crippen molar-refractivity contribution in [2.24, 2.45) is 5.41 Å². The molecule has 0 aromatic carbocycles. The van der Waals surface area contributed by atoms with Crippen LogP contribution in [-0.2, 0) is 4.79 Å². The van der Waals surface area contributed by atoms with Gasteiger partial charge >= 0.3 is 0 Å². The van der Waals surface area contributed by atoms with Crippen molar-refractivity contribution in [1.82, 2.24) is 10.2 Å². The molecular weight excluding hydrogens is 200 g/mol. The van der Waals surface area contributed by atoms with Crippen molar-refractivity contribution < 1.29 is 4.79 Å². The van der Waals surface area contributed by atoms with Crippen molar-refractivity contribution in [3.63, 3.8) is 0 Å². The summed E-state index contributed by atoms with van der Waals surface area (Å²) < 4.78 is 0. The summed E-state index contributed by atoms with van der Waals surface area (Å²) in [6.07, 6.45) is 5.84. The predicted octanol–water partition coefficient (Wildman–Crippen LogP) is 1.78. The minimum Gasteiger partial charge on any atom is -0.341 e. The van der Waals surface area contributed by atoms with Crippen LogP contribution in [0.25, 0.3) is 0 Å². The summed E-state index contributed by atoms with van der Waals surface area (Å²) in [5, 5.41) is 3.35. The maximum Gasteiger partial charge on any atom is 0.239 e. The van der Waals surface area contributed by atoms with E-state index in [4.69, 9.17) is 0 Å². The number of amides is 1. The van der Waals surface area contributed by atoms with Crippen LogP contribution >= 0.6 is 0 Å². The zero-order chi connectivity index (χ0) is 11.6. The summed E-state index contributed by atoms with van der Waals surface area (Å²) in [6.45, 7) is 7.43. The lowest BCUT2D eigenvalue weighted by atomic mass is 9.84. The minimum atomic E-state index is 0.0997. The van der Waals surface area contributed by atoms with Crippen LogP contribution in [-0.4, -0.2) is 36.5 Å². The third kappa shape index (κ3) is 2.76. The van der Waals surface area contributed by atoms with Gasteiger partial charge in [0.15, 0.2) is 0 Å². The van der Waals surface area contributed by atoms with Gasteiger partial charge in [0, 0.05) is 13.1 Å². The van der Waals surface area contributed by atoms with Crippen molar-refractivity contribution in [2.45, 2.75) is 52.0 Å². The lowest BCUT2D eigenvalue weighted by Crippen LogP contribution is -2.52. The molecule has 1 atom stereocenters. The highest BCUT2D eigenvalue weighted by atomic mass is 16.2. The topological polar surface area (TPSA) is 32.3 Å². The molecule has 1 unspecified atom stereocenters. The molecule has 3 nitrogen and oxygen atoms in total. The van der Waals surface area contributed by atoms with E-state index in [9.17, 15) is 4.79 Å². The summed E-state index contributed by atoms with van der Waals surface area (Å²) in [4.78, 5) is 14.4. The second-order valence-corrected chi connectivity index (χ2v) is 6.03. The normalized spacial score (nSPS) is 30.1. The summed E-state index contributed by atoms with van der Waals surface area (Å²) in [5.41, 5.74) is 0.308. The Morgan fingerprint density at radius 3 is 2.75 bits per heavy atom. The zero-order valence-electron chi connectivity index (χ0n) is 10.6. The van der Waals surface area contributed by atoms with Gasteiger partial charge in [0.25, 0.3) is 0 Å². The maximum absolute atomic E-state index is 12.3. The van der Waals surface area contributed by atoms with E-state index in [2.05, 4.69) is 24.1 Å². The van der Waals surface area contributed by atoms with Crippen LogP contribution in [0.15, 0.2) is 0 Å². The Hall–Kier alpha value is -0.570. The van der Waals surface area contributed by atoms with Crippen LogP contribution in [0.5, 0.6) is 0 Å². The van der Waals surface area contributed by atoms with E-state index in [-0.39, 0.29) is 6.04 Å². The monoisotopic (exact) mass is 224 g/mol. The zero-order valence-corrected chi connectivity index (χ0v) is 10.6. The SMILES string of the molecule is CC1(C)CCCN(C(=O)C2CCCCN2)C1. The van der Waals surface area contributed by atoms with Gasteiger partial charge in [-0.05, 0) is 37.6 Å². The van der Waals surface area contributed by atoms with Crippen LogP contribution in [0.3, 0.4) is 0 Å². The predicted molar refractivity (Wildman–Crippen MR) is 65.2 cm³/mol. The molecule has 3 heteroatoms. The smallest absolute Gasteiger partial charge is 0.239 e. The van der Waals surface area contributed by atoms with Crippen LogP contribution in [0.2, 0.25) is 0 Å². The number of nitrogens with zero attached hydrogens (tertiary/aromatic N) is 1. The highest BCUT2D eigenvalue weighted by Crippen LogP contribution is 2.29. The molecule has 2 fully saturated rings. The molecule has 1 amide bonds. The number of carbonyl (C=O) groups excluding carboxylic acids is 1. The fourth-order valence-electron chi connectivity index (χ4n) is 2.89. The van der Waals surface area contributed by atoms with Gasteiger partial charge in [-0.2, -0.15) is 0 Å². The van der Waals surface area contributed by atoms with Gasteiger partial charge < -0.3 is 10.2 Å². The molecule has 0 spiro atoms. The Kier molecular flexibility index (Phi) is 3.53. The lowest BCUT2D eigenvalue weighted by molar-refractivity contribution is -0.137. The fraction of sp³-hybridized carbons (Fsp3) is 0.923. The highest BCUT2D eigenvalue weighted by molar-refractivity contribution is 5.82. The molecule has 0 aromatic heterocycles. The van der Waals surface area contributed by atoms with Crippen molar-refractivity contribution >= 4 is 5.91 Å². The van der Waals surface area contributed by atoms with Crippen LogP contribution in [0, 0.1) is 5.41 Å². The third-order valence-corrected chi connectivity index (χ3v) is 3.82. The van der Waals surface area contributed by atoms with Crippen molar-refractivity contribution in [3.8, 4) is 0 Å². The summed E-state index contributed by atoms with van der Waals surface area (Å²) in [7, 11) is 0. The maximum atomic E-state index is 12.3. The van der Waals surface area contributed by atoms with Crippen LogP contribution in [0.1, 0.15) is 46.0 Å². The van der Waals surface area contributed by atoms with E-state index in [0.717, 1.165) is 32.5 Å². The number of piperidine rings is 2. The molecule has 92 valence electrons. The molecule has 2 aliphatic rings. The van der Waals surface area contributed by atoms with E-state index >= 15 is 0 Å². The van der Waals surface area contributed by atoms with E-state index < -0.39 is 0 Å². The quantitative estimate of drug-likeness (QED) is 0.736. The molecule has 0 radical (unpaired) electrons. The number of carbonyl (C=O) groups is 1. The number of nitrogens with one attached hydrogen (secondary N) is 1. The van der Waals surface area contributed by atoms with Gasteiger partial charge in [-0.1, -0.05) is 20.3 Å². The van der Waals surface area contributed by atoms with E-state index in [0.29, 0.717) is 11.3 Å². The molecule has 0 aromatic rings. The molecule has 16 heavy (non-hydrogen) atoms. The second-order valence-electron chi connectivity index (χ2n) is 6.03. The third-order valence-electron chi connectivity index (χ3n) is 3.82. The first-order valence-corrected chi connectivity index (χ1v) is 6.61. The molecular formula is C13H24N2O. The summed E-state index contributed by atoms with van der Waals surface area (Å²) in [6, 6.07) is 0.0997. The van der Waals surface area contributed by atoms with Gasteiger partial charge in [-0.3, -0.25) is 4.79 Å². The lowest BCUT2D eigenvalue weighted by Gasteiger charge is -2.40. The van der Waals surface area contributed by atoms with Crippen molar-refractivity contribution in [2.75, 3.05) is 19.6 Å². The molecule has 2 aliphatic heterocycles. The van der Waals surface area contributed by atoms with Gasteiger partial charge in [-0.25, -0.2) is 0 Å². The molecule has 1 N–H and O–H groups in total. The van der Waals surface area contributed by atoms with Crippen LogP contribution in [0.4, 0.5) is 0 Å². The summed E-state index contributed by atoms with van der Waals surface area (Å²) >= 11 is 0. The van der Waals surface area contributed by atoms with Crippen LogP contribution < -0.4 is 5.32 Å². The van der Waals surface area contributed by atoms with Gasteiger partial charge in [-0.15, -0.1) is 0 Å². The first-order valence-electron chi connectivity index (χ1n) is 6.61. The molecule has 0 aliphatic carbocycles. The second kappa shape index (κ2) is 4.74. The largest absolute Gasteiger partial charge is 0.341 e. The minimum absolute atomic E-state index is 0.0997. The van der Waals surface area contributed by atoms with Gasteiger partial charge in [0.05, 0.1) is 6.04 Å². The molecule has 2 rings (SSSR count). The average molecular weight is 224 g/mol. The van der Waals surface area contributed by atoms with E-state index in [1.165, 1.54) is 19.3 Å². The number of likely N-dealkylation sites (tertiary alicyclic amines) is 1. The standard InChI is InChI=1S/C13H24N2O/c1-13(2)7-5-9-15(10-13)12(16)11-6-3-4-8-14-11/h11,14H,3-10H2,1-2H3. The average Bonchev–Trinajstić information content (AvgIpc) is 2.28. The van der Waals surface area contributed by atoms with E-state index in [1.54, 1.807) is 0 Å². The number of hydrogen-bond acceptors (Lipinski definition) is 2. The summed E-state index contributed by atoms with van der Waals surface area (Å²) in [5.74, 6) is 0.340. The molecule has 2 heterocycles. The first kappa shape index (κ1) is 11.9. The Morgan fingerprint density at radius 1 is 1.31 bits per heavy atom. The van der Waals surface area contributed by atoms with Crippen molar-refractivity contribution in [3.05, 3.63) is 0 Å². The fourth-order valence-corrected chi connectivity index (χ4v) is 2.89. The highest BCUT2D eigenvalue weighted by Gasteiger charge is 2.32. The number of rotatable bonds is 1. The Bertz CT molecular complexity index is 257. The molecule has 0 bridgehead atoms. The molecule has 0 saturated carbocycles. The Labute approximate surface area is 98.6 Å². The Morgan fingerprint density at radius 2 is 2.12 bits per heavy atom.